The Balaban J connectivity index is 1.68. The molecule has 1 atom stereocenters. The zero-order chi connectivity index (χ0) is 19.1. The summed E-state index contributed by atoms with van der Waals surface area (Å²) in [6, 6.07) is 9.42. The van der Waals surface area contributed by atoms with E-state index in [1.54, 1.807) is 11.8 Å². The molecule has 1 aromatic carbocycles. The van der Waals surface area contributed by atoms with Crippen LogP contribution in [0.25, 0.3) is 10.4 Å². The van der Waals surface area contributed by atoms with Gasteiger partial charge in [0.15, 0.2) is 6.23 Å². The van der Waals surface area contributed by atoms with Crippen molar-refractivity contribution >= 4 is 40.5 Å². The molecular weight excluding hydrogens is 382 g/mol. The van der Waals surface area contributed by atoms with Crippen molar-refractivity contribution in [3.63, 3.8) is 0 Å². The maximum Gasteiger partial charge on any atom is 0.352 e. The molecule has 1 amide bonds. The van der Waals surface area contributed by atoms with Crippen molar-refractivity contribution in [1.29, 1.82) is 0 Å². The van der Waals surface area contributed by atoms with Crippen molar-refractivity contribution in [3.8, 4) is 10.4 Å². The number of hydrogen-bond acceptors (Lipinski definition) is 4. The number of hydrogen-bond donors (Lipinski definition) is 0. The summed E-state index contributed by atoms with van der Waals surface area (Å²) in [6.45, 7) is 4.01. The van der Waals surface area contributed by atoms with Gasteiger partial charge in [-0.1, -0.05) is 30.7 Å². The maximum absolute atomic E-state index is 13.3. The lowest BCUT2D eigenvalue weighted by Gasteiger charge is -2.36. The predicted molar refractivity (Wildman–Crippen MR) is 108 cm³/mol. The van der Waals surface area contributed by atoms with Gasteiger partial charge in [-0.05, 0) is 62.3 Å². The third-order valence-electron chi connectivity index (χ3n) is 5.53. The van der Waals surface area contributed by atoms with E-state index >= 15 is 0 Å². The molecule has 142 valence electrons. The van der Waals surface area contributed by atoms with E-state index < -0.39 is 6.23 Å². The summed E-state index contributed by atoms with van der Waals surface area (Å²) in [6.07, 6.45) is 3.38. The van der Waals surface area contributed by atoms with Gasteiger partial charge in [-0.3, -0.25) is 9.69 Å². The highest BCUT2D eigenvalue weighted by Gasteiger charge is 2.39. The first-order valence-electron chi connectivity index (χ1n) is 9.38. The average Bonchev–Trinajstić information content (AvgIpc) is 3.08. The fourth-order valence-corrected chi connectivity index (χ4v) is 5.09. The number of benzene rings is 1. The molecule has 2 heterocycles. The molecule has 0 saturated heterocycles. The third kappa shape index (κ3) is 3.50. The van der Waals surface area contributed by atoms with Gasteiger partial charge in [-0.25, -0.2) is 4.79 Å². The molecule has 1 fully saturated rings. The number of anilines is 1. The molecule has 1 aliphatic heterocycles. The van der Waals surface area contributed by atoms with Crippen LogP contribution in [-0.4, -0.2) is 18.1 Å². The lowest BCUT2D eigenvalue weighted by atomic mass is 9.82. The zero-order valence-electron chi connectivity index (χ0n) is 15.4. The second-order valence-corrected chi connectivity index (χ2v) is 8.99. The van der Waals surface area contributed by atoms with Gasteiger partial charge in [0.25, 0.3) is 0 Å². The van der Waals surface area contributed by atoms with Gasteiger partial charge in [-0.2, -0.15) is 0 Å². The first-order valence-corrected chi connectivity index (χ1v) is 10.6. The highest BCUT2D eigenvalue weighted by atomic mass is 35.5. The van der Waals surface area contributed by atoms with E-state index in [-0.39, 0.29) is 17.8 Å². The van der Waals surface area contributed by atoms with Gasteiger partial charge >= 0.3 is 5.97 Å². The Kier molecular flexibility index (Phi) is 4.99. The number of fused-ring (bicyclic) bond motifs is 1. The molecule has 0 bridgehead atoms. The minimum atomic E-state index is -0.579. The molecule has 0 N–H and O–H groups in total. The van der Waals surface area contributed by atoms with Crippen molar-refractivity contribution in [2.75, 3.05) is 4.90 Å². The highest BCUT2D eigenvalue weighted by Crippen LogP contribution is 2.42. The lowest BCUT2D eigenvalue weighted by Crippen LogP contribution is -2.48. The van der Waals surface area contributed by atoms with Crippen molar-refractivity contribution in [2.24, 2.45) is 11.8 Å². The topological polar surface area (TPSA) is 46.6 Å². The van der Waals surface area contributed by atoms with Crippen LogP contribution in [-0.2, 0) is 9.53 Å². The van der Waals surface area contributed by atoms with E-state index in [1.165, 1.54) is 11.3 Å². The van der Waals surface area contributed by atoms with E-state index in [9.17, 15) is 9.59 Å². The minimum absolute atomic E-state index is 0.00665. The predicted octanol–water partition coefficient (Wildman–Crippen LogP) is 5.74. The van der Waals surface area contributed by atoms with Gasteiger partial charge in [0.2, 0.25) is 5.91 Å². The van der Waals surface area contributed by atoms with E-state index in [2.05, 4.69) is 6.92 Å². The fraction of sp³-hybridized carbons (Fsp3) is 0.429. The fourth-order valence-electron chi connectivity index (χ4n) is 3.92. The average molecular weight is 404 g/mol. The van der Waals surface area contributed by atoms with Crippen LogP contribution in [0.5, 0.6) is 0 Å². The smallest absolute Gasteiger partial charge is 0.352 e. The van der Waals surface area contributed by atoms with Gasteiger partial charge < -0.3 is 4.74 Å². The van der Waals surface area contributed by atoms with E-state index in [0.29, 0.717) is 21.5 Å². The van der Waals surface area contributed by atoms with Crippen LogP contribution >= 0.6 is 22.9 Å². The van der Waals surface area contributed by atoms with Crippen LogP contribution in [0.3, 0.4) is 0 Å². The Morgan fingerprint density at radius 3 is 2.48 bits per heavy atom. The first-order chi connectivity index (χ1) is 12.9. The Hall–Kier alpha value is -1.85. The summed E-state index contributed by atoms with van der Waals surface area (Å²) >= 11 is 7.34. The number of amides is 1. The van der Waals surface area contributed by atoms with Crippen LogP contribution in [0, 0.1) is 11.8 Å². The molecule has 1 saturated carbocycles. The van der Waals surface area contributed by atoms with Gasteiger partial charge in [-0.15, -0.1) is 11.3 Å². The normalized spacial score (nSPS) is 25.1. The molecule has 6 heteroatoms. The number of rotatable bonds is 2. The van der Waals surface area contributed by atoms with Gasteiger partial charge in [0.05, 0.1) is 5.69 Å². The molecule has 0 radical (unpaired) electrons. The Bertz CT molecular complexity index is 868. The Morgan fingerprint density at radius 1 is 1.15 bits per heavy atom. The Morgan fingerprint density at radius 2 is 1.81 bits per heavy atom. The van der Waals surface area contributed by atoms with Crippen LogP contribution in [0.2, 0.25) is 5.02 Å². The largest absolute Gasteiger partial charge is 0.437 e. The lowest BCUT2D eigenvalue weighted by molar-refractivity contribution is -0.125. The number of cyclic esters (lactones) is 1. The number of nitrogens with zero attached hydrogens (tertiary/aromatic N) is 1. The van der Waals surface area contributed by atoms with Crippen molar-refractivity contribution in [1.82, 2.24) is 0 Å². The van der Waals surface area contributed by atoms with E-state index in [0.717, 1.165) is 36.1 Å². The zero-order valence-corrected chi connectivity index (χ0v) is 17.0. The second-order valence-electron chi connectivity index (χ2n) is 7.50. The number of ether oxygens (including phenoxy) is 1. The van der Waals surface area contributed by atoms with Crippen molar-refractivity contribution < 1.29 is 14.3 Å². The summed E-state index contributed by atoms with van der Waals surface area (Å²) in [5.74, 6) is 0.402. The molecule has 2 aliphatic rings. The summed E-state index contributed by atoms with van der Waals surface area (Å²) < 4.78 is 5.48. The molecular formula is C21H22ClNO3S. The quantitative estimate of drug-likeness (QED) is 0.600. The summed E-state index contributed by atoms with van der Waals surface area (Å²) in [4.78, 5) is 28.8. The molecule has 0 spiro atoms. The van der Waals surface area contributed by atoms with Crippen molar-refractivity contribution in [2.45, 2.75) is 45.8 Å². The number of esters is 1. The molecule has 4 nitrogen and oxygen atoms in total. The molecule has 1 aliphatic carbocycles. The monoisotopic (exact) mass is 403 g/mol. The number of thiophene rings is 1. The summed E-state index contributed by atoms with van der Waals surface area (Å²) in [5.41, 5.74) is 1.65. The van der Waals surface area contributed by atoms with Gasteiger partial charge in [0, 0.05) is 15.8 Å². The summed E-state index contributed by atoms with van der Waals surface area (Å²) in [7, 11) is 0. The van der Waals surface area contributed by atoms with Crippen LogP contribution < -0.4 is 4.90 Å². The molecule has 1 aromatic heterocycles. The third-order valence-corrected chi connectivity index (χ3v) is 6.94. The molecule has 1 unspecified atom stereocenters. The standard InChI is InChI=1S/C21H22ClNO3S/c1-12-3-5-15(6-4-12)20(24)23-13(2)26-21(25)19-17(23)11-18(27-19)14-7-9-16(22)10-8-14/h7-13,15H,3-6H2,1-2H3/t12-,13?,15-. The second kappa shape index (κ2) is 7.28. The molecule has 4 rings (SSSR count). The van der Waals surface area contributed by atoms with Crippen LogP contribution in [0.1, 0.15) is 49.2 Å². The van der Waals surface area contributed by atoms with Crippen LogP contribution in [0.15, 0.2) is 30.3 Å². The van der Waals surface area contributed by atoms with E-state index in [4.69, 9.17) is 16.3 Å². The first kappa shape index (κ1) is 18.5. The van der Waals surface area contributed by atoms with Crippen LogP contribution in [0.4, 0.5) is 5.69 Å². The highest BCUT2D eigenvalue weighted by molar-refractivity contribution is 7.18. The number of halogens is 1. The minimum Gasteiger partial charge on any atom is -0.437 e. The van der Waals surface area contributed by atoms with Gasteiger partial charge in [0.1, 0.15) is 4.88 Å². The summed E-state index contributed by atoms with van der Waals surface area (Å²) in [5, 5.41) is 0.663. The van der Waals surface area contributed by atoms with E-state index in [1.807, 2.05) is 30.3 Å². The SMILES string of the molecule is CC1OC(=O)c2sc(-c3ccc(Cl)cc3)cc2N1C(=O)[C@H]1CC[C@H](C)CC1. The number of carbonyl (C=O) groups is 2. The Labute approximate surface area is 168 Å². The number of carbonyl (C=O) groups excluding carboxylic acids is 2. The van der Waals surface area contributed by atoms with Crippen molar-refractivity contribution in [3.05, 3.63) is 40.2 Å². The molecule has 27 heavy (non-hydrogen) atoms. The molecule has 2 aromatic rings. The maximum atomic E-state index is 13.3.